The highest BCUT2D eigenvalue weighted by atomic mass is 31.2. The second-order valence-electron chi connectivity index (χ2n) is 23.1. The van der Waals surface area contributed by atoms with Gasteiger partial charge in [0, 0.05) is 6.42 Å². The number of hydrogen-bond acceptors (Lipinski definition) is 6. The molecule has 9 heteroatoms. The SMILES string of the molecule is CCCCCCCCCCCCCCC/C=C/CC/C=C/C(O)C(COP(=O)([O-])OCC[N+](C)(C)C)NC(=O)CCCCCCCCCCCCCCCCCCCCCCCCCCCCCCCCC. The molecular weight excluding hydrogens is 912 g/mol. The number of hydrogen-bond donors (Lipinski definition) is 2. The lowest BCUT2D eigenvalue weighted by Crippen LogP contribution is -2.45. The highest BCUT2D eigenvalue weighted by molar-refractivity contribution is 7.45. The molecule has 428 valence electrons. The topological polar surface area (TPSA) is 108 Å². The van der Waals surface area contributed by atoms with E-state index in [1.165, 1.54) is 263 Å². The van der Waals surface area contributed by atoms with Gasteiger partial charge in [0.05, 0.1) is 39.9 Å². The molecule has 0 rings (SSSR count). The summed E-state index contributed by atoms with van der Waals surface area (Å²) in [7, 11) is 1.26. The first-order chi connectivity index (χ1) is 35.0. The Hall–Kier alpha value is -1.02. The van der Waals surface area contributed by atoms with Crippen LogP contribution in [0.5, 0.6) is 0 Å². The van der Waals surface area contributed by atoms with Gasteiger partial charge < -0.3 is 28.8 Å². The van der Waals surface area contributed by atoms with Crippen molar-refractivity contribution in [3.05, 3.63) is 24.3 Å². The number of aliphatic hydroxyl groups excluding tert-OH is 1. The molecule has 1 amide bonds. The molecule has 3 unspecified atom stereocenters. The summed E-state index contributed by atoms with van der Waals surface area (Å²) < 4.78 is 23.4. The van der Waals surface area contributed by atoms with Crippen LogP contribution in [0.1, 0.15) is 322 Å². The average Bonchev–Trinajstić information content (AvgIpc) is 3.34. The molecule has 0 aromatic heterocycles. The number of phosphoric ester groups is 1. The Labute approximate surface area is 449 Å². The van der Waals surface area contributed by atoms with Crippen LogP contribution in [0.3, 0.4) is 0 Å². The molecule has 0 radical (unpaired) electrons. The first-order valence-electron chi connectivity index (χ1n) is 31.7. The van der Waals surface area contributed by atoms with Gasteiger partial charge in [0.2, 0.25) is 5.91 Å². The quantitative estimate of drug-likeness (QED) is 0.0272. The zero-order chi connectivity index (χ0) is 52.7. The molecule has 2 N–H and O–H groups in total. The van der Waals surface area contributed by atoms with Gasteiger partial charge in [-0.3, -0.25) is 9.36 Å². The van der Waals surface area contributed by atoms with Crippen LogP contribution in [-0.4, -0.2) is 68.5 Å². The summed E-state index contributed by atoms with van der Waals surface area (Å²) in [5.41, 5.74) is 0. The van der Waals surface area contributed by atoms with Crippen LogP contribution in [0.15, 0.2) is 24.3 Å². The zero-order valence-electron chi connectivity index (χ0n) is 48.9. The zero-order valence-corrected chi connectivity index (χ0v) is 49.8. The van der Waals surface area contributed by atoms with Gasteiger partial charge in [-0.15, -0.1) is 0 Å². The third-order valence-electron chi connectivity index (χ3n) is 14.7. The van der Waals surface area contributed by atoms with E-state index in [-0.39, 0.29) is 19.1 Å². The fraction of sp³-hybridized carbons (Fsp3) is 0.921. The molecule has 0 saturated heterocycles. The van der Waals surface area contributed by atoms with Crippen LogP contribution >= 0.6 is 7.82 Å². The Bertz CT molecular complexity index is 1220. The highest BCUT2D eigenvalue weighted by Gasteiger charge is 2.23. The minimum absolute atomic E-state index is 0.00364. The Morgan fingerprint density at radius 2 is 0.778 bits per heavy atom. The minimum Gasteiger partial charge on any atom is -0.756 e. The number of nitrogens with one attached hydrogen (secondary N) is 1. The van der Waals surface area contributed by atoms with E-state index in [9.17, 15) is 19.4 Å². The van der Waals surface area contributed by atoms with Gasteiger partial charge in [0.15, 0.2) is 0 Å². The monoisotopic (exact) mass is 1040 g/mol. The van der Waals surface area contributed by atoms with Gasteiger partial charge in [0.25, 0.3) is 7.82 Å². The maximum absolute atomic E-state index is 13.0. The van der Waals surface area contributed by atoms with Crippen LogP contribution in [-0.2, 0) is 18.4 Å². The smallest absolute Gasteiger partial charge is 0.268 e. The molecule has 0 aliphatic rings. The van der Waals surface area contributed by atoms with Crippen molar-refractivity contribution in [3.63, 3.8) is 0 Å². The second kappa shape index (κ2) is 54.8. The van der Waals surface area contributed by atoms with E-state index in [1.807, 2.05) is 27.2 Å². The number of unbranched alkanes of at least 4 members (excludes halogenated alkanes) is 44. The second-order valence-corrected chi connectivity index (χ2v) is 24.5. The van der Waals surface area contributed by atoms with Crippen LogP contribution < -0.4 is 10.2 Å². The van der Waals surface area contributed by atoms with E-state index in [2.05, 4.69) is 31.3 Å². The Kier molecular flexibility index (Phi) is 54.0. The predicted molar refractivity (Wildman–Crippen MR) is 312 cm³/mol. The number of quaternary nitrogens is 1. The Balaban J connectivity index is 4.07. The molecule has 3 atom stereocenters. The number of amides is 1. The van der Waals surface area contributed by atoms with E-state index in [1.54, 1.807) is 6.08 Å². The number of phosphoric acid groups is 1. The van der Waals surface area contributed by atoms with Gasteiger partial charge in [-0.05, 0) is 32.1 Å². The van der Waals surface area contributed by atoms with Crippen molar-refractivity contribution in [2.24, 2.45) is 0 Å². The van der Waals surface area contributed by atoms with Gasteiger partial charge in [-0.2, -0.15) is 0 Å². The van der Waals surface area contributed by atoms with Gasteiger partial charge in [0.1, 0.15) is 13.2 Å². The number of carbonyl (C=O) groups excluding carboxylic acids is 1. The number of nitrogens with zero attached hydrogens (tertiary/aromatic N) is 1. The van der Waals surface area contributed by atoms with Crippen LogP contribution in [0.4, 0.5) is 0 Å². The summed E-state index contributed by atoms with van der Waals surface area (Å²) in [6, 6.07) is -0.900. The highest BCUT2D eigenvalue weighted by Crippen LogP contribution is 2.38. The molecule has 0 aliphatic heterocycles. The fourth-order valence-corrected chi connectivity index (χ4v) is 10.4. The van der Waals surface area contributed by atoms with E-state index in [4.69, 9.17) is 9.05 Å². The maximum Gasteiger partial charge on any atom is 0.268 e. The summed E-state index contributed by atoms with van der Waals surface area (Å²) in [5, 5.41) is 13.9. The third-order valence-corrected chi connectivity index (χ3v) is 15.6. The van der Waals surface area contributed by atoms with Gasteiger partial charge >= 0.3 is 0 Å². The standard InChI is InChI=1S/C63H125N2O6P/c1-6-8-10-12-14-16-18-20-22-24-26-27-28-29-30-31-32-33-34-35-36-37-39-41-43-45-47-49-51-53-55-57-63(67)64-61(60-71-72(68,69)70-59-58-65(3,4)5)62(66)56-54-52-50-48-46-44-42-40-38-25-23-21-19-17-15-13-11-9-7-2/h46,48,54,56,61-62,66H,6-45,47,49-53,55,57-60H2,1-5H3,(H-,64,67,68,69)/b48-46+,56-54+. The first kappa shape index (κ1) is 71.0. The molecule has 0 heterocycles. The minimum atomic E-state index is -4.60. The van der Waals surface area contributed by atoms with Crippen molar-refractivity contribution in [2.45, 2.75) is 334 Å². The fourth-order valence-electron chi connectivity index (χ4n) is 9.70. The van der Waals surface area contributed by atoms with E-state index in [0.717, 1.165) is 38.5 Å². The van der Waals surface area contributed by atoms with Gasteiger partial charge in [-0.1, -0.05) is 308 Å². The van der Waals surface area contributed by atoms with Crippen LogP contribution in [0.2, 0.25) is 0 Å². The van der Waals surface area contributed by atoms with Crippen molar-refractivity contribution in [1.82, 2.24) is 5.32 Å². The number of likely N-dealkylation sites (N-methyl/N-ethyl adjacent to an activating group) is 1. The van der Waals surface area contributed by atoms with Crippen molar-refractivity contribution in [3.8, 4) is 0 Å². The summed E-state index contributed by atoms with van der Waals surface area (Å²) in [5.74, 6) is -0.200. The number of allylic oxidation sites excluding steroid dienone is 3. The van der Waals surface area contributed by atoms with Crippen molar-refractivity contribution < 1.29 is 32.9 Å². The number of rotatable bonds is 59. The molecule has 0 saturated carbocycles. The van der Waals surface area contributed by atoms with Crippen LogP contribution in [0, 0.1) is 0 Å². The van der Waals surface area contributed by atoms with E-state index < -0.39 is 20.0 Å². The van der Waals surface area contributed by atoms with Gasteiger partial charge in [-0.25, -0.2) is 0 Å². The Morgan fingerprint density at radius 1 is 0.472 bits per heavy atom. The first-order valence-corrected chi connectivity index (χ1v) is 33.2. The largest absolute Gasteiger partial charge is 0.756 e. The molecular formula is C63H125N2O6P. The lowest BCUT2D eigenvalue weighted by atomic mass is 10.0. The van der Waals surface area contributed by atoms with Crippen molar-refractivity contribution in [1.29, 1.82) is 0 Å². The molecule has 8 nitrogen and oxygen atoms in total. The molecule has 0 aromatic carbocycles. The van der Waals surface area contributed by atoms with Crippen molar-refractivity contribution in [2.75, 3.05) is 40.9 Å². The molecule has 0 aliphatic carbocycles. The summed E-state index contributed by atoms with van der Waals surface area (Å²) in [6.07, 6.45) is 70.0. The molecule has 0 fully saturated rings. The lowest BCUT2D eigenvalue weighted by molar-refractivity contribution is -0.870. The lowest BCUT2D eigenvalue weighted by Gasteiger charge is -2.29. The summed E-state index contributed by atoms with van der Waals surface area (Å²) in [6.45, 7) is 4.68. The van der Waals surface area contributed by atoms with Crippen molar-refractivity contribution >= 4 is 13.7 Å². The number of carbonyl (C=O) groups is 1. The summed E-state index contributed by atoms with van der Waals surface area (Å²) >= 11 is 0. The maximum atomic E-state index is 13.0. The number of aliphatic hydroxyl groups is 1. The van der Waals surface area contributed by atoms with E-state index in [0.29, 0.717) is 17.4 Å². The van der Waals surface area contributed by atoms with E-state index >= 15 is 0 Å². The molecule has 0 bridgehead atoms. The molecule has 72 heavy (non-hydrogen) atoms. The normalized spacial score (nSPS) is 13.9. The molecule has 0 aromatic rings. The Morgan fingerprint density at radius 3 is 1.12 bits per heavy atom. The van der Waals surface area contributed by atoms with Crippen LogP contribution in [0.25, 0.3) is 0 Å². The summed E-state index contributed by atoms with van der Waals surface area (Å²) in [4.78, 5) is 25.5. The average molecular weight is 1040 g/mol. The third kappa shape index (κ3) is 56.7. The molecule has 0 spiro atoms. The predicted octanol–water partition coefficient (Wildman–Crippen LogP) is 18.9.